The molecule has 0 aliphatic rings. The van der Waals surface area contributed by atoms with Gasteiger partial charge in [-0.3, -0.25) is 0 Å². The molecule has 0 aromatic rings. The first-order chi connectivity index (χ1) is 25.4. The minimum absolute atomic E-state index is 0.957. The number of hydrogen-bond acceptors (Lipinski definition) is 4. The van der Waals surface area contributed by atoms with Crippen LogP contribution in [0.5, 0.6) is 0 Å². The molecular formula is C18Cl2F36O4S. The Balaban J connectivity index is 7.35. The minimum Gasteiger partial charge on any atom is -0.192 e. The molecule has 43 heteroatoms. The van der Waals surface area contributed by atoms with Crippen molar-refractivity contribution in [2.45, 2.75) is 106 Å². The quantitative estimate of drug-likeness (QED) is 0.0901. The van der Waals surface area contributed by atoms with Crippen molar-refractivity contribution < 1.29 is 175 Å². The van der Waals surface area contributed by atoms with Crippen molar-refractivity contribution in [1.82, 2.24) is 0 Å². The summed E-state index contributed by atoms with van der Waals surface area (Å²) in [7, 11) is -9.44. The highest BCUT2D eigenvalue weighted by Gasteiger charge is 2.99. The van der Waals surface area contributed by atoms with Gasteiger partial charge in [-0.15, -0.1) is 0 Å². The molecule has 4 nitrogen and oxygen atoms in total. The van der Waals surface area contributed by atoms with Crippen molar-refractivity contribution in [3.05, 3.63) is 0 Å². The van der Waals surface area contributed by atoms with E-state index in [1.54, 1.807) is 0 Å². The van der Waals surface area contributed by atoms with Gasteiger partial charge in [0.25, 0.3) is 0 Å². The summed E-state index contributed by atoms with van der Waals surface area (Å²) in [6, 6.07) is 0. The van der Waals surface area contributed by atoms with E-state index >= 15 is 0 Å². The highest BCUT2D eigenvalue weighted by Crippen LogP contribution is 2.68. The third kappa shape index (κ3) is 7.65. The Bertz CT molecular complexity index is 1610. The highest BCUT2D eigenvalue weighted by molar-refractivity contribution is 7.81. The fourth-order valence-corrected chi connectivity index (χ4v) is 4.06. The van der Waals surface area contributed by atoms with Crippen LogP contribution < -0.4 is 0 Å². The van der Waals surface area contributed by atoms with E-state index in [1.165, 1.54) is 0 Å². The third-order valence-electron chi connectivity index (χ3n) is 6.59. The SMILES string of the molecule is O=S(=O)(OC(F)(F)C(F)(F)C(F)(F)C(F)(F)C(F)(F)C(F)(F)C(F)(F)C(F)(F)C(F)(F)Cl)OC(F)(F)C(F)(F)C(F)(F)C(F)(F)C(F)(F)C(F)(F)C(F)(F)C(F)(F)C(F)(F)Cl. The van der Waals surface area contributed by atoms with Crippen LogP contribution in [0.15, 0.2) is 0 Å². The van der Waals surface area contributed by atoms with Gasteiger partial charge in [-0.2, -0.15) is 175 Å². The standard InChI is InChI=1S/C18Cl2F36O4S/c19-15(49,50)11(41,42)7(33,34)3(25,26)1(21,22)5(29,30)9(37,38)13(45,46)17(53,54)59-61(57,58)60-18(55,56)14(47,48)10(39,40)6(31,32)2(23,24)4(27,28)8(35,36)12(43,44)16(20,51)52. The van der Waals surface area contributed by atoms with Crippen molar-refractivity contribution in [2.24, 2.45) is 0 Å². The van der Waals surface area contributed by atoms with Crippen LogP contribution in [0.4, 0.5) is 158 Å². The van der Waals surface area contributed by atoms with Gasteiger partial charge < -0.3 is 0 Å². The van der Waals surface area contributed by atoms with Crippen molar-refractivity contribution >= 4 is 33.6 Å². The number of halogens is 38. The largest absolute Gasteiger partial charge is 0.441 e. The van der Waals surface area contributed by atoms with E-state index in [4.69, 9.17) is 0 Å². The molecule has 0 unspecified atom stereocenters. The van der Waals surface area contributed by atoms with E-state index in [0.717, 1.165) is 8.37 Å². The molecule has 0 fully saturated rings. The van der Waals surface area contributed by atoms with E-state index in [1.807, 2.05) is 0 Å². The molecule has 0 saturated heterocycles. The first kappa shape index (κ1) is 58.9. The van der Waals surface area contributed by atoms with Crippen LogP contribution in [0.3, 0.4) is 0 Å². The zero-order chi connectivity index (χ0) is 50.9. The minimum atomic E-state index is -9.79. The van der Waals surface area contributed by atoms with Crippen LogP contribution in [0, 0.1) is 0 Å². The van der Waals surface area contributed by atoms with Gasteiger partial charge in [-0.05, 0) is 23.2 Å². The maximum Gasteiger partial charge on any atom is 0.441 e. The lowest BCUT2D eigenvalue weighted by molar-refractivity contribution is -0.473. The van der Waals surface area contributed by atoms with Crippen molar-refractivity contribution in [1.29, 1.82) is 0 Å². The lowest BCUT2D eigenvalue weighted by Crippen LogP contribution is -2.76. The first-order valence-electron chi connectivity index (χ1n) is 12.3. The van der Waals surface area contributed by atoms with Crippen LogP contribution in [0.25, 0.3) is 0 Å². The lowest BCUT2D eigenvalue weighted by atomic mass is 9.89. The van der Waals surface area contributed by atoms with E-state index in [2.05, 4.69) is 23.2 Å². The molecule has 368 valence electrons. The number of hydrogen-bond donors (Lipinski definition) is 0. The fourth-order valence-electron chi connectivity index (χ4n) is 3.07. The maximum absolute atomic E-state index is 13.8. The fraction of sp³-hybridized carbons (Fsp3) is 1.00. The highest BCUT2D eigenvalue weighted by atomic mass is 35.5. The zero-order valence-corrected chi connectivity index (χ0v) is 27.7. The summed E-state index contributed by atoms with van der Waals surface area (Å²) in [5.41, 5.74) is 0. The van der Waals surface area contributed by atoms with Crippen molar-refractivity contribution in [3.63, 3.8) is 0 Å². The molecule has 0 aromatic carbocycles. The topological polar surface area (TPSA) is 52.6 Å². The molecule has 0 spiro atoms. The summed E-state index contributed by atoms with van der Waals surface area (Å²) in [5.74, 6) is -132. The van der Waals surface area contributed by atoms with Crippen molar-refractivity contribution in [3.8, 4) is 0 Å². The Hall–Kier alpha value is -2.07. The van der Waals surface area contributed by atoms with Gasteiger partial charge in [-0.1, -0.05) is 0 Å². The van der Waals surface area contributed by atoms with Gasteiger partial charge in [-0.25, -0.2) is 0 Å². The predicted octanol–water partition coefficient (Wildman–Crippen LogP) is 12.0. The van der Waals surface area contributed by atoms with E-state index in [0.29, 0.717) is 0 Å². The van der Waals surface area contributed by atoms with E-state index < -0.39 is 116 Å². The normalized spacial score (nSPS) is 17.3. The van der Waals surface area contributed by atoms with Crippen LogP contribution in [0.1, 0.15) is 0 Å². The Kier molecular flexibility index (Phi) is 14.0. The summed E-state index contributed by atoms with van der Waals surface area (Å²) in [6.07, 6.45) is -18.2. The van der Waals surface area contributed by atoms with Gasteiger partial charge >= 0.3 is 116 Å². The molecule has 61 heavy (non-hydrogen) atoms. The molecule has 0 bridgehead atoms. The Labute approximate surface area is 315 Å². The van der Waals surface area contributed by atoms with Gasteiger partial charge in [0.1, 0.15) is 0 Å². The molecular weight excluding hydrogens is 1070 g/mol. The van der Waals surface area contributed by atoms with Crippen LogP contribution in [-0.2, 0) is 18.8 Å². The molecule has 0 aromatic heterocycles. The second-order valence-electron chi connectivity index (χ2n) is 10.6. The lowest BCUT2D eigenvalue weighted by Gasteiger charge is -2.44. The summed E-state index contributed by atoms with van der Waals surface area (Å²) in [6.45, 7) is 0. The van der Waals surface area contributed by atoms with Crippen molar-refractivity contribution in [2.75, 3.05) is 0 Å². The van der Waals surface area contributed by atoms with Crippen LogP contribution in [-0.4, -0.2) is 114 Å². The zero-order valence-electron chi connectivity index (χ0n) is 25.4. The Morgan fingerprint density at radius 3 is 0.475 bits per heavy atom. The van der Waals surface area contributed by atoms with Gasteiger partial charge in [0.2, 0.25) is 0 Å². The third-order valence-corrected chi connectivity index (χ3v) is 7.89. The molecule has 0 heterocycles. The number of alkyl halides is 38. The second kappa shape index (κ2) is 14.5. The summed E-state index contributed by atoms with van der Waals surface area (Å²) in [4.78, 5) is 0. The Morgan fingerprint density at radius 2 is 0.344 bits per heavy atom. The van der Waals surface area contributed by atoms with Crippen LogP contribution in [0.2, 0.25) is 0 Å². The molecule has 0 radical (unpaired) electrons. The predicted molar refractivity (Wildman–Crippen MR) is 112 cm³/mol. The van der Waals surface area contributed by atoms with E-state index in [-0.39, 0.29) is 0 Å². The second-order valence-corrected chi connectivity index (χ2v) is 12.7. The molecule has 0 amide bonds. The first-order valence-corrected chi connectivity index (χ1v) is 14.3. The Morgan fingerprint density at radius 1 is 0.230 bits per heavy atom. The summed E-state index contributed by atoms with van der Waals surface area (Å²) >= 11 is 6.33. The average molecular weight is 1070 g/mol. The molecule has 0 aliphatic heterocycles. The van der Waals surface area contributed by atoms with Crippen LogP contribution >= 0.6 is 23.2 Å². The molecule has 0 rings (SSSR count). The van der Waals surface area contributed by atoms with Gasteiger partial charge in [0, 0.05) is 0 Å². The van der Waals surface area contributed by atoms with Gasteiger partial charge in [0.15, 0.2) is 0 Å². The average Bonchev–Trinajstić information content (AvgIpc) is 2.97. The maximum atomic E-state index is 13.8. The smallest absolute Gasteiger partial charge is 0.192 e. The van der Waals surface area contributed by atoms with Gasteiger partial charge in [0.05, 0.1) is 0 Å². The molecule has 0 saturated carbocycles. The summed E-state index contributed by atoms with van der Waals surface area (Å²) in [5, 5.41) is -14.8. The number of rotatable bonds is 20. The molecule has 0 aliphatic carbocycles. The monoisotopic (exact) mass is 1070 g/mol. The molecule has 0 N–H and O–H groups in total. The van der Waals surface area contributed by atoms with E-state index in [9.17, 15) is 166 Å². The summed E-state index contributed by atoms with van der Waals surface area (Å²) < 4.78 is 508. The molecule has 0 atom stereocenters.